The van der Waals surface area contributed by atoms with Crippen LogP contribution in [0, 0.1) is 0 Å². The van der Waals surface area contributed by atoms with Crippen LogP contribution in [-0.2, 0) is 11.2 Å². The highest BCUT2D eigenvalue weighted by Gasteiger charge is 2.19. The summed E-state index contributed by atoms with van der Waals surface area (Å²) >= 11 is 0. The van der Waals surface area contributed by atoms with Crippen LogP contribution in [0.1, 0.15) is 56.5 Å². The minimum absolute atomic E-state index is 0.0502. The van der Waals surface area contributed by atoms with Gasteiger partial charge in [0.15, 0.2) is 0 Å². The van der Waals surface area contributed by atoms with Crippen molar-refractivity contribution in [2.24, 2.45) is 0 Å². The van der Waals surface area contributed by atoms with Crippen molar-refractivity contribution in [1.29, 1.82) is 0 Å². The summed E-state index contributed by atoms with van der Waals surface area (Å²) in [5.41, 5.74) is 3.10. The molecule has 4 heteroatoms. The van der Waals surface area contributed by atoms with Crippen LogP contribution in [0.2, 0.25) is 0 Å². The predicted molar refractivity (Wildman–Crippen MR) is 94.0 cm³/mol. The first-order chi connectivity index (χ1) is 11.4. The molecule has 2 atom stereocenters. The largest absolute Gasteiger partial charge is 0.486 e. The van der Waals surface area contributed by atoms with Gasteiger partial charge in [0.2, 0.25) is 5.91 Å². The van der Waals surface area contributed by atoms with Gasteiger partial charge in [-0.25, -0.2) is 5.06 Å². The second kappa shape index (κ2) is 7.97. The minimum Gasteiger partial charge on any atom is -0.486 e. The van der Waals surface area contributed by atoms with Crippen molar-refractivity contribution in [3.8, 4) is 5.75 Å². The molecule has 0 bridgehead atoms. The molecule has 0 aliphatic heterocycles. The maximum Gasteiger partial charge on any atom is 0.243 e. The third-order valence-corrected chi connectivity index (χ3v) is 4.22. The second-order valence-corrected chi connectivity index (χ2v) is 5.92. The molecule has 0 aromatic heterocycles. The van der Waals surface area contributed by atoms with Crippen molar-refractivity contribution in [3.05, 3.63) is 65.2 Å². The zero-order valence-electron chi connectivity index (χ0n) is 14.7. The molecule has 0 fully saturated rings. The van der Waals surface area contributed by atoms with Gasteiger partial charge in [-0.05, 0) is 49.1 Å². The van der Waals surface area contributed by atoms with Gasteiger partial charge in [-0.1, -0.05) is 43.3 Å². The summed E-state index contributed by atoms with van der Waals surface area (Å²) in [5.74, 6) is 0.411. The lowest BCUT2D eigenvalue weighted by Gasteiger charge is -2.24. The van der Waals surface area contributed by atoms with E-state index in [1.807, 2.05) is 69.3 Å². The van der Waals surface area contributed by atoms with Crippen LogP contribution in [-0.4, -0.2) is 16.2 Å². The third-order valence-electron chi connectivity index (χ3n) is 4.22. The van der Waals surface area contributed by atoms with Crippen molar-refractivity contribution in [1.82, 2.24) is 5.06 Å². The Morgan fingerprint density at radius 3 is 2.42 bits per heavy atom. The summed E-state index contributed by atoms with van der Waals surface area (Å²) in [6.45, 7) is 7.22. The Kier molecular flexibility index (Phi) is 5.99. The first-order valence-corrected chi connectivity index (χ1v) is 8.27. The van der Waals surface area contributed by atoms with Gasteiger partial charge in [0, 0.05) is 6.92 Å². The molecule has 2 unspecified atom stereocenters. The number of hydrogen-bond acceptors (Lipinski definition) is 3. The van der Waals surface area contributed by atoms with E-state index in [1.54, 1.807) is 0 Å². The Morgan fingerprint density at radius 2 is 1.83 bits per heavy atom. The first-order valence-electron chi connectivity index (χ1n) is 8.27. The Balaban J connectivity index is 2.21. The quantitative estimate of drug-likeness (QED) is 0.618. The lowest BCUT2D eigenvalue weighted by molar-refractivity contribution is -0.172. The molecule has 0 heterocycles. The maximum atomic E-state index is 11.4. The van der Waals surface area contributed by atoms with E-state index < -0.39 is 6.04 Å². The molecule has 1 amide bonds. The summed E-state index contributed by atoms with van der Waals surface area (Å²) in [6.07, 6.45) is 0.744. The fourth-order valence-corrected chi connectivity index (χ4v) is 2.77. The van der Waals surface area contributed by atoms with Crippen molar-refractivity contribution in [3.63, 3.8) is 0 Å². The summed E-state index contributed by atoms with van der Waals surface area (Å²) in [6, 6.07) is 15.5. The van der Waals surface area contributed by atoms with Gasteiger partial charge in [0.05, 0.1) is 6.04 Å². The van der Waals surface area contributed by atoms with Gasteiger partial charge in [-0.3, -0.25) is 10.0 Å². The Labute approximate surface area is 143 Å². The highest BCUT2D eigenvalue weighted by molar-refractivity contribution is 5.72. The summed E-state index contributed by atoms with van der Waals surface area (Å²) in [5, 5.41) is 10.6. The van der Waals surface area contributed by atoms with Crippen molar-refractivity contribution in [2.75, 3.05) is 0 Å². The van der Waals surface area contributed by atoms with Gasteiger partial charge in [0.25, 0.3) is 0 Å². The highest BCUT2D eigenvalue weighted by atomic mass is 16.5. The first kappa shape index (κ1) is 18.0. The SMILES string of the molecule is CCc1cc(OC(C)c2ccccc2)ccc1C(C)N(O)C(C)=O. The minimum atomic E-state index is -0.391. The molecule has 128 valence electrons. The summed E-state index contributed by atoms with van der Waals surface area (Å²) < 4.78 is 6.04. The average molecular weight is 327 g/mol. The number of rotatable bonds is 6. The van der Waals surface area contributed by atoms with E-state index in [0.29, 0.717) is 0 Å². The van der Waals surface area contributed by atoms with Crippen molar-refractivity contribution < 1.29 is 14.7 Å². The number of carbonyl (C=O) groups is 1. The molecule has 0 radical (unpaired) electrons. The Hall–Kier alpha value is -2.33. The monoisotopic (exact) mass is 327 g/mol. The lowest BCUT2D eigenvalue weighted by Crippen LogP contribution is -2.28. The van der Waals surface area contributed by atoms with Crippen LogP contribution in [0.4, 0.5) is 0 Å². The summed E-state index contributed by atoms with van der Waals surface area (Å²) in [4.78, 5) is 11.4. The van der Waals surface area contributed by atoms with E-state index >= 15 is 0 Å². The number of nitrogens with zero attached hydrogens (tertiary/aromatic N) is 1. The number of hydroxylamine groups is 2. The smallest absolute Gasteiger partial charge is 0.243 e. The van der Waals surface area contributed by atoms with Gasteiger partial charge < -0.3 is 4.74 Å². The van der Waals surface area contributed by atoms with E-state index in [1.165, 1.54) is 6.92 Å². The molecule has 0 saturated carbocycles. The molecular weight excluding hydrogens is 302 g/mol. The number of carbonyl (C=O) groups excluding carboxylic acids is 1. The number of hydrogen-bond donors (Lipinski definition) is 1. The van der Waals surface area contributed by atoms with E-state index in [9.17, 15) is 10.0 Å². The molecule has 0 aliphatic rings. The van der Waals surface area contributed by atoms with Crippen LogP contribution in [0.25, 0.3) is 0 Å². The molecule has 0 spiro atoms. The lowest BCUT2D eigenvalue weighted by atomic mass is 9.99. The zero-order valence-corrected chi connectivity index (χ0v) is 14.7. The van der Waals surface area contributed by atoms with Gasteiger partial charge in [-0.15, -0.1) is 0 Å². The van der Waals surface area contributed by atoms with E-state index in [4.69, 9.17) is 4.74 Å². The summed E-state index contributed by atoms with van der Waals surface area (Å²) in [7, 11) is 0. The van der Waals surface area contributed by atoms with Crippen LogP contribution in [0.3, 0.4) is 0 Å². The fraction of sp³-hybridized carbons (Fsp3) is 0.350. The number of benzene rings is 2. The van der Waals surface area contributed by atoms with E-state index in [-0.39, 0.29) is 12.0 Å². The molecule has 2 aromatic rings. The number of ether oxygens (including phenoxy) is 1. The molecule has 1 N–H and O–H groups in total. The molecule has 2 rings (SSSR count). The average Bonchev–Trinajstić information content (AvgIpc) is 2.60. The standard InChI is InChI=1S/C20H25NO3/c1-5-17-13-19(24-15(3)18-9-7-6-8-10-18)11-12-20(17)14(2)21(23)16(4)22/h6-15,23H,5H2,1-4H3. The maximum absolute atomic E-state index is 11.4. The molecule has 0 aliphatic carbocycles. The molecule has 0 saturated heterocycles. The molecule has 24 heavy (non-hydrogen) atoms. The molecular formula is C20H25NO3. The van der Waals surface area contributed by atoms with Crippen LogP contribution >= 0.6 is 0 Å². The Morgan fingerprint density at radius 1 is 1.17 bits per heavy atom. The van der Waals surface area contributed by atoms with Crippen LogP contribution in [0.15, 0.2) is 48.5 Å². The molecule has 4 nitrogen and oxygen atoms in total. The second-order valence-electron chi connectivity index (χ2n) is 5.92. The van der Waals surface area contributed by atoms with Crippen molar-refractivity contribution >= 4 is 5.91 Å². The highest BCUT2D eigenvalue weighted by Crippen LogP contribution is 2.29. The van der Waals surface area contributed by atoms with Gasteiger partial charge in [-0.2, -0.15) is 0 Å². The van der Waals surface area contributed by atoms with Crippen LogP contribution in [0.5, 0.6) is 5.75 Å². The Bertz CT molecular complexity index is 685. The van der Waals surface area contributed by atoms with Gasteiger partial charge in [0.1, 0.15) is 11.9 Å². The van der Waals surface area contributed by atoms with E-state index in [0.717, 1.165) is 33.9 Å². The number of amides is 1. The third kappa shape index (κ3) is 4.15. The van der Waals surface area contributed by atoms with Crippen molar-refractivity contribution in [2.45, 2.75) is 46.3 Å². The fourth-order valence-electron chi connectivity index (χ4n) is 2.77. The molecule has 2 aromatic carbocycles. The number of aryl methyl sites for hydroxylation is 1. The van der Waals surface area contributed by atoms with Crippen LogP contribution < -0.4 is 4.74 Å². The normalized spacial score (nSPS) is 13.2. The topological polar surface area (TPSA) is 49.8 Å². The van der Waals surface area contributed by atoms with E-state index in [2.05, 4.69) is 0 Å². The zero-order chi connectivity index (χ0) is 17.7. The van der Waals surface area contributed by atoms with Gasteiger partial charge >= 0.3 is 0 Å². The predicted octanol–water partition coefficient (Wildman–Crippen LogP) is 4.69.